The van der Waals surface area contributed by atoms with Crippen molar-refractivity contribution in [2.75, 3.05) is 13.2 Å². The van der Waals surface area contributed by atoms with Gasteiger partial charge in [-0.15, -0.1) is 0 Å². The Kier molecular flexibility index (Phi) is 7.85. The number of carbonyl (C=O) groups is 1. The first-order valence-corrected chi connectivity index (χ1v) is 11.2. The van der Waals surface area contributed by atoms with Crippen LogP contribution < -0.4 is 10.0 Å². The van der Waals surface area contributed by atoms with Gasteiger partial charge in [0.15, 0.2) is 0 Å². The highest BCUT2D eigenvalue weighted by molar-refractivity contribution is 7.89. The van der Waals surface area contributed by atoms with E-state index in [4.69, 9.17) is 4.74 Å². The van der Waals surface area contributed by atoms with Crippen LogP contribution in [-0.4, -0.2) is 55.8 Å². The molecular weight excluding hydrogens is 425 g/mol. The first-order valence-electron chi connectivity index (χ1n) is 9.75. The summed E-state index contributed by atoms with van der Waals surface area (Å²) >= 11 is 0. The number of ether oxygens (including phenoxy) is 1. The van der Waals surface area contributed by atoms with Crippen molar-refractivity contribution in [3.63, 3.8) is 0 Å². The zero-order valence-electron chi connectivity index (χ0n) is 16.6. The fourth-order valence-corrected chi connectivity index (χ4v) is 4.34. The lowest BCUT2D eigenvalue weighted by molar-refractivity contribution is -0.125. The highest BCUT2D eigenvalue weighted by Gasteiger charge is 2.31. The van der Waals surface area contributed by atoms with Crippen molar-refractivity contribution >= 4 is 15.9 Å². The molecule has 1 amide bonds. The Bertz CT molecular complexity index is 999. The smallest absolute Gasteiger partial charge is 0.241 e. The van der Waals surface area contributed by atoms with Gasteiger partial charge in [0.1, 0.15) is 11.9 Å². The number of nitrogens with one attached hydrogen (secondary N) is 2. The fourth-order valence-electron chi connectivity index (χ4n) is 3.12. The maximum absolute atomic E-state index is 13.0. The molecule has 0 radical (unpaired) electrons. The van der Waals surface area contributed by atoms with Crippen LogP contribution in [0.1, 0.15) is 12.0 Å². The average molecular weight is 450 g/mol. The fraction of sp³-hybridized carbons (Fsp3) is 0.333. The van der Waals surface area contributed by atoms with E-state index in [2.05, 4.69) is 15.0 Å². The molecule has 8 nitrogen and oxygen atoms in total. The van der Waals surface area contributed by atoms with Gasteiger partial charge in [-0.05, 0) is 48.4 Å². The molecule has 1 aliphatic heterocycles. The summed E-state index contributed by atoms with van der Waals surface area (Å²) in [7, 11) is -3.94. The van der Waals surface area contributed by atoms with E-state index in [9.17, 15) is 22.7 Å². The Morgan fingerprint density at radius 1 is 1.13 bits per heavy atom. The zero-order valence-corrected chi connectivity index (χ0v) is 17.5. The van der Waals surface area contributed by atoms with Crippen LogP contribution in [-0.2, 0) is 26.0 Å². The molecule has 3 N–H and O–H groups in total. The normalized spacial score (nSPS) is 21.0. The average Bonchev–Trinajstić information content (AvgIpc) is 2.75. The number of hydrogen-bond acceptors (Lipinski definition) is 6. The lowest BCUT2D eigenvalue weighted by Crippen LogP contribution is -2.49. The number of pyridine rings is 1. The number of benzene rings is 1. The van der Waals surface area contributed by atoms with Crippen molar-refractivity contribution in [3.8, 4) is 0 Å². The van der Waals surface area contributed by atoms with Crippen molar-refractivity contribution in [2.45, 2.75) is 36.0 Å². The maximum Gasteiger partial charge on any atom is 0.241 e. The summed E-state index contributed by atoms with van der Waals surface area (Å²) in [5, 5.41) is 12.4. The van der Waals surface area contributed by atoms with Gasteiger partial charge >= 0.3 is 0 Å². The number of aromatic nitrogens is 1. The van der Waals surface area contributed by atoms with E-state index in [-0.39, 0.29) is 17.2 Å². The van der Waals surface area contributed by atoms with Crippen molar-refractivity contribution in [1.82, 2.24) is 15.0 Å². The van der Waals surface area contributed by atoms with E-state index in [0.29, 0.717) is 13.0 Å². The van der Waals surface area contributed by atoms with E-state index in [1.54, 1.807) is 24.5 Å². The maximum atomic E-state index is 13.0. The lowest BCUT2D eigenvalue weighted by Gasteiger charge is -2.31. The molecule has 0 aliphatic carbocycles. The third-order valence-electron chi connectivity index (χ3n) is 4.75. The van der Waals surface area contributed by atoms with E-state index in [1.807, 2.05) is 12.1 Å². The number of aliphatic hydroxyl groups is 1. The molecule has 0 spiro atoms. The van der Waals surface area contributed by atoms with E-state index < -0.39 is 40.7 Å². The molecule has 166 valence electrons. The zero-order chi connectivity index (χ0) is 22.3. The summed E-state index contributed by atoms with van der Waals surface area (Å²) in [6.07, 6.45) is 5.77. The van der Waals surface area contributed by atoms with Gasteiger partial charge in [-0.25, -0.2) is 17.5 Å². The number of carbonyl (C=O) groups excluding carboxylic acids is 1. The summed E-state index contributed by atoms with van der Waals surface area (Å²) < 4.78 is 46.2. The van der Waals surface area contributed by atoms with Crippen LogP contribution in [0.2, 0.25) is 0 Å². The highest BCUT2D eigenvalue weighted by atomic mass is 32.2. The van der Waals surface area contributed by atoms with Gasteiger partial charge in [-0.3, -0.25) is 9.78 Å². The second-order valence-electron chi connectivity index (χ2n) is 7.04. The minimum absolute atomic E-state index is 0.0424. The van der Waals surface area contributed by atoms with Crippen molar-refractivity contribution < 1.29 is 27.4 Å². The molecule has 0 bridgehead atoms. The number of rotatable bonds is 9. The molecule has 2 aromatic rings. The van der Waals surface area contributed by atoms with Crippen LogP contribution in [0.25, 0.3) is 0 Å². The van der Waals surface area contributed by atoms with Gasteiger partial charge in [0.25, 0.3) is 0 Å². The summed E-state index contributed by atoms with van der Waals surface area (Å²) in [6, 6.07) is 7.32. The largest absolute Gasteiger partial charge is 0.394 e. The number of aliphatic hydroxyl groups excluding tert-OH is 1. The van der Waals surface area contributed by atoms with Crippen LogP contribution >= 0.6 is 0 Å². The van der Waals surface area contributed by atoms with Gasteiger partial charge in [-0.2, -0.15) is 0 Å². The predicted molar refractivity (Wildman–Crippen MR) is 111 cm³/mol. The third kappa shape index (κ3) is 6.66. The summed E-state index contributed by atoms with van der Waals surface area (Å²) in [5.41, 5.74) is 1.06. The number of nitrogens with zero attached hydrogens (tertiary/aromatic N) is 1. The summed E-state index contributed by atoms with van der Waals surface area (Å²) in [6.45, 7) is 0.0178. The predicted octanol–water partition coefficient (Wildman–Crippen LogP) is 0.932. The van der Waals surface area contributed by atoms with E-state index >= 15 is 0 Å². The van der Waals surface area contributed by atoms with Crippen LogP contribution in [0.5, 0.6) is 0 Å². The molecule has 0 unspecified atom stereocenters. The third-order valence-corrected chi connectivity index (χ3v) is 6.23. The quantitative estimate of drug-likeness (QED) is 0.491. The molecule has 10 heteroatoms. The number of hydrogen-bond donors (Lipinski definition) is 3. The van der Waals surface area contributed by atoms with Crippen LogP contribution in [0, 0.1) is 5.82 Å². The molecule has 1 aromatic carbocycles. The van der Waals surface area contributed by atoms with E-state index in [1.165, 1.54) is 0 Å². The molecule has 0 saturated carbocycles. The van der Waals surface area contributed by atoms with Crippen molar-refractivity contribution in [1.29, 1.82) is 0 Å². The first kappa shape index (κ1) is 23.0. The Morgan fingerprint density at radius 2 is 1.84 bits per heavy atom. The highest BCUT2D eigenvalue weighted by Crippen LogP contribution is 2.18. The molecule has 0 fully saturated rings. The summed E-state index contributed by atoms with van der Waals surface area (Å²) in [4.78, 5) is 16.0. The van der Waals surface area contributed by atoms with Crippen LogP contribution in [0.4, 0.5) is 4.39 Å². The van der Waals surface area contributed by atoms with Crippen molar-refractivity contribution in [2.24, 2.45) is 0 Å². The molecular formula is C21H24FN3O5S. The number of halogens is 1. The molecule has 1 aliphatic rings. The SMILES string of the molecule is O=C(C[C@H]1C=C[C@@H](NS(=O)(=O)c2ccc(F)cc2)[C@H](CO)O1)NCCc1ccncc1. The van der Waals surface area contributed by atoms with Crippen molar-refractivity contribution in [3.05, 3.63) is 72.3 Å². The monoisotopic (exact) mass is 449 g/mol. The Morgan fingerprint density at radius 3 is 2.52 bits per heavy atom. The molecule has 3 rings (SSSR count). The Labute approximate surface area is 180 Å². The standard InChI is InChI=1S/C21H24FN3O5S/c22-16-1-4-18(5-2-16)31(28,29)25-19-6-3-17(30-20(19)14-26)13-21(27)24-12-9-15-7-10-23-11-8-15/h1-8,10-11,17,19-20,25-26H,9,12-14H2,(H,24,27)/t17-,19-,20+/m1/s1. The second kappa shape index (κ2) is 10.6. The minimum Gasteiger partial charge on any atom is -0.394 e. The Balaban J connectivity index is 1.53. The summed E-state index contributed by atoms with van der Waals surface area (Å²) in [5.74, 6) is -0.763. The van der Waals surface area contributed by atoms with Gasteiger partial charge in [0, 0.05) is 18.9 Å². The minimum atomic E-state index is -3.94. The second-order valence-corrected chi connectivity index (χ2v) is 8.75. The van der Waals surface area contributed by atoms with Gasteiger partial charge in [0.05, 0.1) is 30.1 Å². The van der Waals surface area contributed by atoms with Gasteiger partial charge in [0.2, 0.25) is 15.9 Å². The van der Waals surface area contributed by atoms with Gasteiger partial charge in [-0.1, -0.05) is 12.2 Å². The Hall–Kier alpha value is -2.66. The van der Waals surface area contributed by atoms with Crippen LogP contribution in [0.3, 0.4) is 0 Å². The molecule has 0 saturated heterocycles. The van der Waals surface area contributed by atoms with E-state index in [0.717, 1.165) is 29.8 Å². The number of sulfonamides is 1. The topological polar surface area (TPSA) is 118 Å². The van der Waals surface area contributed by atoms with Crippen LogP contribution in [0.15, 0.2) is 65.8 Å². The lowest BCUT2D eigenvalue weighted by atomic mass is 10.1. The molecule has 2 heterocycles. The molecule has 31 heavy (non-hydrogen) atoms. The number of amides is 1. The van der Waals surface area contributed by atoms with Gasteiger partial charge < -0.3 is 15.2 Å². The molecule has 3 atom stereocenters. The first-order chi connectivity index (χ1) is 14.9. The molecule has 1 aromatic heterocycles.